The van der Waals surface area contributed by atoms with Crippen molar-refractivity contribution in [2.45, 2.75) is 38.8 Å². The topological polar surface area (TPSA) is 58.6 Å². The van der Waals surface area contributed by atoms with Gasteiger partial charge < -0.3 is 15.0 Å². The molecule has 0 radical (unpaired) electrons. The van der Waals surface area contributed by atoms with Crippen molar-refractivity contribution in [2.24, 2.45) is 0 Å². The summed E-state index contributed by atoms with van der Waals surface area (Å²) in [5.74, 6) is 0.913. The summed E-state index contributed by atoms with van der Waals surface area (Å²) in [6, 6.07) is 15.2. The second-order valence-electron chi connectivity index (χ2n) is 6.82. The Morgan fingerprint density at radius 2 is 1.85 bits per heavy atom. The van der Waals surface area contributed by atoms with Crippen LogP contribution in [0.4, 0.5) is 0 Å². The first-order valence-corrected chi connectivity index (χ1v) is 9.42. The van der Waals surface area contributed by atoms with Crippen molar-refractivity contribution in [2.75, 3.05) is 13.7 Å². The lowest BCUT2D eigenvalue weighted by atomic mass is 10.0. The van der Waals surface area contributed by atoms with E-state index in [1.54, 1.807) is 7.11 Å². The molecule has 1 fully saturated rings. The maximum Gasteiger partial charge on any atom is 0.251 e. The van der Waals surface area contributed by atoms with Crippen molar-refractivity contribution in [1.29, 1.82) is 0 Å². The van der Waals surface area contributed by atoms with Crippen molar-refractivity contribution in [3.05, 3.63) is 65.2 Å². The second kappa shape index (κ2) is 8.71. The molecule has 2 amide bonds. The van der Waals surface area contributed by atoms with Gasteiger partial charge >= 0.3 is 0 Å². The zero-order valence-corrected chi connectivity index (χ0v) is 15.9. The minimum Gasteiger partial charge on any atom is -0.497 e. The Hall–Kier alpha value is -2.82. The summed E-state index contributed by atoms with van der Waals surface area (Å²) in [5, 5.41) is 3.09. The first kappa shape index (κ1) is 19.0. The SMILES string of the molecule is CCC(NC(=O)c1ccc(CN2CCCC2=O)cc1)c1ccc(OC)cc1. The molecule has 1 aliphatic heterocycles. The van der Waals surface area contributed by atoms with E-state index in [4.69, 9.17) is 4.74 Å². The fourth-order valence-electron chi connectivity index (χ4n) is 3.35. The van der Waals surface area contributed by atoms with Crippen LogP contribution in [0.15, 0.2) is 48.5 Å². The van der Waals surface area contributed by atoms with Crippen LogP contribution in [0.2, 0.25) is 0 Å². The number of hydrogen-bond acceptors (Lipinski definition) is 3. The summed E-state index contributed by atoms with van der Waals surface area (Å²) < 4.78 is 5.19. The van der Waals surface area contributed by atoms with Crippen LogP contribution in [0.25, 0.3) is 0 Å². The summed E-state index contributed by atoms with van der Waals surface area (Å²) in [6.45, 7) is 3.48. The average Bonchev–Trinajstić information content (AvgIpc) is 3.11. The smallest absolute Gasteiger partial charge is 0.251 e. The van der Waals surface area contributed by atoms with Gasteiger partial charge in [0.15, 0.2) is 0 Å². The number of methoxy groups -OCH3 is 1. The summed E-state index contributed by atoms with van der Waals surface area (Å²) in [6.07, 6.45) is 2.38. The summed E-state index contributed by atoms with van der Waals surface area (Å²) in [4.78, 5) is 26.2. The van der Waals surface area contributed by atoms with Crippen molar-refractivity contribution in [3.63, 3.8) is 0 Å². The Labute approximate surface area is 160 Å². The number of likely N-dealkylation sites (tertiary alicyclic amines) is 1. The Morgan fingerprint density at radius 1 is 1.15 bits per heavy atom. The van der Waals surface area contributed by atoms with Crippen molar-refractivity contribution in [3.8, 4) is 5.75 Å². The van der Waals surface area contributed by atoms with Crippen LogP contribution in [0.3, 0.4) is 0 Å². The minimum absolute atomic E-state index is 0.0506. The molecule has 3 rings (SSSR count). The number of ether oxygens (including phenoxy) is 1. The van der Waals surface area contributed by atoms with Crippen LogP contribution in [-0.2, 0) is 11.3 Å². The Bertz CT molecular complexity index is 784. The van der Waals surface area contributed by atoms with Gasteiger partial charge in [0, 0.05) is 25.1 Å². The molecule has 1 aliphatic rings. The van der Waals surface area contributed by atoms with Gasteiger partial charge in [-0.1, -0.05) is 31.2 Å². The van der Waals surface area contributed by atoms with Crippen molar-refractivity contribution in [1.82, 2.24) is 10.2 Å². The monoisotopic (exact) mass is 366 g/mol. The summed E-state index contributed by atoms with van der Waals surface area (Å²) in [7, 11) is 1.64. The van der Waals surface area contributed by atoms with Gasteiger partial charge in [0.05, 0.1) is 13.2 Å². The van der Waals surface area contributed by atoms with E-state index in [-0.39, 0.29) is 17.9 Å². The molecule has 2 aromatic rings. The van der Waals surface area contributed by atoms with Crippen LogP contribution in [0.5, 0.6) is 5.75 Å². The molecular formula is C22H26N2O3. The Kier molecular flexibility index (Phi) is 6.12. The summed E-state index contributed by atoms with van der Waals surface area (Å²) in [5.41, 5.74) is 2.72. The number of nitrogens with one attached hydrogen (secondary N) is 1. The number of benzene rings is 2. The number of rotatable bonds is 7. The summed E-state index contributed by atoms with van der Waals surface area (Å²) >= 11 is 0. The number of carbonyl (C=O) groups is 2. The fourth-order valence-corrected chi connectivity index (χ4v) is 3.35. The van der Waals surface area contributed by atoms with Gasteiger partial charge in [-0.3, -0.25) is 9.59 Å². The van der Waals surface area contributed by atoms with E-state index < -0.39 is 0 Å². The van der Waals surface area contributed by atoms with E-state index in [1.807, 2.05) is 60.4 Å². The lowest BCUT2D eigenvalue weighted by molar-refractivity contribution is -0.128. The third-order valence-corrected chi connectivity index (χ3v) is 4.99. The minimum atomic E-state index is -0.0959. The van der Waals surface area contributed by atoms with Crippen LogP contribution >= 0.6 is 0 Å². The zero-order valence-electron chi connectivity index (χ0n) is 15.9. The fraction of sp³-hybridized carbons (Fsp3) is 0.364. The van der Waals surface area contributed by atoms with Gasteiger partial charge in [-0.05, 0) is 48.2 Å². The largest absolute Gasteiger partial charge is 0.497 e. The van der Waals surface area contributed by atoms with Crippen molar-refractivity contribution >= 4 is 11.8 Å². The van der Waals surface area contributed by atoms with E-state index >= 15 is 0 Å². The maximum atomic E-state index is 12.6. The lowest BCUT2D eigenvalue weighted by Crippen LogP contribution is -2.28. The highest BCUT2D eigenvalue weighted by molar-refractivity contribution is 5.94. The molecule has 0 aromatic heterocycles. The van der Waals surface area contributed by atoms with Gasteiger partial charge in [-0.2, -0.15) is 0 Å². The van der Waals surface area contributed by atoms with E-state index in [2.05, 4.69) is 5.32 Å². The highest BCUT2D eigenvalue weighted by Crippen LogP contribution is 2.21. The van der Waals surface area contributed by atoms with Gasteiger partial charge in [0.2, 0.25) is 5.91 Å². The zero-order chi connectivity index (χ0) is 19.2. The van der Waals surface area contributed by atoms with E-state index in [0.717, 1.165) is 36.3 Å². The van der Waals surface area contributed by atoms with Crippen LogP contribution in [0, 0.1) is 0 Å². The van der Waals surface area contributed by atoms with Gasteiger partial charge in [0.25, 0.3) is 5.91 Å². The number of carbonyl (C=O) groups excluding carboxylic acids is 2. The lowest BCUT2D eigenvalue weighted by Gasteiger charge is -2.18. The third kappa shape index (κ3) is 4.67. The molecular weight excluding hydrogens is 340 g/mol. The molecule has 5 nitrogen and oxygen atoms in total. The molecule has 1 atom stereocenters. The van der Waals surface area contributed by atoms with E-state index in [9.17, 15) is 9.59 Å². The highest BCUT2D eigenvalue weighted by atomic mass is 16.5. The predicted octanol–water partition coefficient (Wildman–Crippen LogP) is 3.70. The molecule has 1 unspecified atom stereocenters. The molecule has 2 aromatic carbocycles. The van der Waals surface area contributed by atoms with Crippen LogP contribution < -0.4 is 10.1 Å². The molecule has 1 saturated heterocycles. The predicted molar refractivity (Wildman–Crippen MR) is 105 cm³/mol. The van der Waals surface area contributed by atoms with Crippen LogP contribution in [0.1, 0.15) is 53.7 Å². The molecule has 5 heteroatoms. The van der Waals surface area contributed by atoms with E-state index in [1.165, 1.54) is 0 Å². The van der Waals surface area contributed by atoms with Crippen molar-refractivity contribution < 1.29 is 14.3 Å². The normalized spacial score (nSPS) is 14.9. The highest BCUT2D eigenvalue weighted by Gasteiger charge is 2.20. The first-order chi connectivity index (χ1) is 13.1. The van der Waals surface area contributed by atoms with Gasteiger partial charge in [-0.15, -0.1) is 0 Å². The number of nitrogens with zero attached hydrogens (tertiary/aromatic N) is 1. The first-order valence-electron chi connectivity index (χ1n) is 9.42. The molecule has 0 aliphatic carbocycles. The molecule has 0 saturated carbocycles. The molecule has 142 valence electrons. The molecule has 1 N–H and O–H groups in total. The number of hydrogen-bond donors (Lipinski definition) is 1. The Balaban J connectivity index is 1.62. The maximum absolute atomic E-state index is 12.6. The Morgan fingerprint density at radius 3 is 2.41 bits per heavy atom. The quantitative estimate of drug-likeness (QED) is 0.813. The molecule has 0 spiro atoms. The average molecular weight is 366 g/mol. The van der Waals surface area contributed by atoms with Gasteiger partial charge in [0.1, 0.15) is 5.75 Å². The second-order valence-corrected chi connectivity index (χ2v) is 6.82. The molecule has 0 bridgehead atoms. The third-order valence-electron chi connectivity index (χ3n) is 4.99. The van der Waals surface area contributed by atoms with Crippen LogP contribution in [-0.4, -0.2) is 30.4 Å². The standard InChI is InChI=1S/C22H26N2O3/c1-3-20(17-10-12-19(27-2)13-11-17)23-22(26)18-8-6-16(7-9-18)15-24-14-4-5-21(24)25/h6-13,20H,3-5,14-15H2,1-2H3,(H,23,26). The molecule has 1 heterocycles. The van der Waals surface area contributed by atoms with Gasteiger partial charge in [-0.25, -0.2) is 0 Å². The number of amides is 2. The molecule has 27 heavy (non-hydrogen) atoms. The van der Waals surface area contributed by atoms with E-state index in [0.29, 0.717) is 18.5 Å².